The first kappa shape index (κ1) is 27.3. The highest BCUT2D eigenvalue weighted by atomic mass is 35.5. The van der Waals surface area contributed by atoms with Crippen molar-refractivity contribution >= 4 is 52.2 Å². The van der Waals surface area contributed by atoms with Crippen molar-refractivity contribution in [1.29, 1.82) is 0 Å². The van der Waals surface area contributed by atoms with Crippen LogP contribution in [0, 0.1) is 5.92 Å². The van der Waals surface area contributed by atoms with Crippen LogP contribution in [0.2, 0.25) is 10.0 Å². The lowest BCUT2D eigenvalue weighted by molar-refractivity contribution is -0.144. The molecule has 0 saturated heterocycles. The number of nitrogens with zero attached hydrogens (tertiary/aromatic N) is 2. The zero-order valence-electron chi connectivity index (χ0n) is 19.7. The molecule has 1 aliphatic rings. The Balaban J connectivity index is 2.03. The quantitative estimate of drug-likeness (QED) is 0.447. The Morgan fingerprint density at radius 3 is 2.69 bits per heavy atom. The fourth-order valence-corrected chi connectivity index (χ4v) is 5.13. The molecule has 0 saturated carbocycles. The molecule has 8 nitrogen and oxygen atoms in total. The van der Waals surface area contributed by atoms with Gasteiger partial charge in [-0.15, -0.1) is 11.3 Å². The van der Waals surface area contributed by atoms with Crippen LogP contribution < -0.4 is 5.73 Å². The highest BCUT2D eigenvalue weighted by Gasteiger charge is 2.44. The molecular weight excluding hydrogens is 513 g/mol. The van der Waals surface area contributed by atoms with Crippen LogP contribution >= 0.6 is 34.5 Å². The van der Waals surface area contributed by atoms with Crippen LogP contribution in [-0.4, -0.2) is 49.5 Å². The molecule has 35 heavy (non-hydrogen) atoms. The normalized spacial score (nSPS) is 17.8. The van der Waals surface area contributed by atoms with Gasteiger partial charge in [0.2, 0.25) is 0 Å². The number of rotatable bonds is 10. The van der Waals surface area contributed by atoms with Gasteiger partial charge in [-0.1, -0.05) is 35.3 Å². The molecule has 2 atom stereocenters. The summed E-state index contributed by atoms with van der Waals surface area (Å²) in [5.41, 5.74) is 7.98. The topological polar surface area (TPSA) is 113 Å². The zero-order valence-corrected chi connectivity index (χ0v) is 22.0. The van der Waals surface area contributed by atoms with E-state index in [2.05, 4.69) is 9.98 Å². The molecule has 188 valence electrons. The fourth-order valence-electron chi connectivity index (χ4n) is 3.94. The van der Waals surface area contributed by atoms with Gasteiger partial charge in [0.25, 0.3) is 0 Å². The van der Waals surface area contributed by atoms with Gasteiger partial charge in [0.15, 0.2) is 0 Å². The number of aromatic nitrogens is 1. The number of carbonyl (C=O) groups excluding carboxylic acids is 2. The summed E-state index contributed by atoms with van der Waals surface area (Å²) in [6.45, 7) is 4.29. The van der Waals surface area contributed by atoms with Crippen molar-refractivity contribution in [3.8, 4) is 0 Å². The summed E-state index contributed by atoms with van der Waals surface area (Å²) in [6.07, 6.45) is 0.690. The number of halogens is 2. The first-order valence-corrected chi connectivity index (χ1v) is 12.6. The lowest BCUT2D eigenvalue weighted by Gasteiger charge is -2.32. The average molecular weight is 540 g/mol. The Morgan fingerprint density at radius 2 is 2.00 bits per heavy atom. The second-order valence-electron chi connectivity index (χ2n) is 7.72. The second kappa shape index (κ2) is 12.6. The summed E-state index contributed by atoms with van der Waals surface area (Å²) in [6, 6.07) is 5.06. The minimum Gasteiger partial charge on any atom is -0.468 e. The monoisotopic (exact) mass is 539 g/mol. The summed E-state index contributed by atoms with van der Waals surface area (Å²) < 4.78 is 16.3. The molecule has 0 fully saturated rings. The minimum atomic E-state index is -0.892. The first-order valence-electron chi connectivity index (χ1n) is 11.0. The Hall–Kier alpha value is -2.30. The molecule has 1 aromatic heterocycles. The van der Waals surface area contributed by atoms with E-state index in [1.165, 1.54) is 18.4 Å². The standard InChI is InChI=1S/C24H27Cl2N3O5S/c1-4-34-24(31)21-17(10-33-11-18-29-14(8-9-27)12-35-18)28-13(2)19(23(30)32-3)20(21)15-6-5-7-16(25)22(15)26/h5-7,12,19-20H,4,8-11,27H2,1-3H3. The molecule has 11 heteroatoms. The van der Waals surface area contributed by atoms with Gasteiger partial charge in [-0.05, 0) is 32.0 Å². The van der Waals surface area contributed by atoms with E-state index in [0.29, 0.717) is 35.0 Å². The van der Waals surface area contributed by atoms with Crippen LogP contribution in [0.4, 0.5) is 0 Å². The number of hydrogen-bond acceptors (Lipinski definition) is 9. The second-order valence-corrected chi connectivity index (χ2v) is 9.45. The SMILES string of the molecule is CCOC(=O)C1=C(COCc2nc(CCN)cs2)N=C(C)C(C(=O)OC)C1c1cccc(Cl)c1Cl. The lowest BCUT2D eigenvalue weighted by Crippen LogP contribution is -2.37. The van der Waals surface area contributed by atoms with Gasteiger partial charge >= 0.3 is 11.9 Å². The van der Waals surface area contributed by atoms with Gasteiger partial charge in [0.05, 0.1) is 53.9 Å². The van der Waals surface area contributed by atoms with Gasteiger partial charge in [-0.2, -0.15) is 0 Å². The van der Waals surface area contributed by atoms with Crippen LogP contribution in [0.25, 0.3) is 0 Å². The van der Waals surface area contributed by atoms with Crippen LogP contribution in [0.15, 0.2) is 39.8 Å². The zero-order chi connectivity index (χ0) is 25.5. The number of hydrogen-bond donors (Lipinski definition) is 1. The Kier molecular flexibility index (Phi) is 9.82. The van der Waals surface area contributed by atoms with E-state index in [0.717, 1.165) is 10.7 Å². The van der Waals surface area contributed by atoms with Crippen molar-refractivity contribution in [3.05, 3.63) is 61.2 Å². The van der Waals surface area contributed by atoms with Gasteiger partial charge in [-0.25, -0.2) is 9.78 Å². The van der Waals surface area contributed by atoms with Crippen LogP contribution in [0.5, 0.6) is 0 Å². The summed E-state index contributed by atoms with van der Waals surface area (Å²) in [5.74, 6) is -2.88. The van der Waals surface area contributed by atoms with Crippen molar-refractivity contribution < 1.29 is 23.8 Å². The number of carbonyl (C=O) groups is 2. The van der Waals surface area contributed by atoms with Crippen molar-refractivity contribution in [2.24, 2.45) is 16.6 Å². The molecule has 1 aliphatic heterocycles. The van der Waals surface area contributed by atoms with E-state index in [-0.39, 0.29) is 30.4 Å². The number of aliphatic imine (C=N–C) groups is 1. The third-order valence-corrected chi connectivity index (χ3v) is 7.15. The van der Waals surface area contributed by atoms with E-state index < -0.39 is 23.8 Å². The lowest BCUT2D eigenvalue weighted by atomic mass is 9.75. The van der Waals surface area contributed by atoms with Gasteiger partial charge in [-0.3, -0.25) is 9.79 Å². The maximum atomic E-state index is 13.2. The van der Waals surface area contributed by atoms with Gasteiger partial charge < -0.3 is 19.9 Å². The maximum absolute atomic E-state index is 13.2. The average Bonchev–Trinajstić information content (AvgIpc) is 3.27. The van der Waals surface area contributed by atoms with Crippen molar-refractivity contribution in [1.82, 2.24) is 4.98 Å². The largest absolute Gasteiger partial charge is 0.468 e. The molecular formula is C24H27Cl2N3O5S. The predicted octanol–water partition coefficient (Wildman–Crippen LogP) is 4.33. The van der Waals surface area contributed by atoms with Gasteiger partial charge in [0, 0.05) is 23.4 Å². The number of thiazole rings is 1. The molecule has 0 bridgehead atoms. The molecule has 2 N–H and O–H groups in total. The van der Waals surface area contributed by atoms with Crippen molar-refractivity contribution in [2.45, 2.75) is 32.8 Å². The summed E-state index contributed by atoms with van der Waals surface area (Å²) in [4.78, 5) is 35.1. The molecule has 1 aromatic carbocycles. The van der Waals surface area contributed by atoms with E-state index >= 15 is 0 Å². The van der Waals surface area contributed by atoms with Crippen molar-refractivity contribution in [3.63, 3.8) is 0 Å². The van der Waals surface area contributed by atoms with E-state index in [1.807, 2.05) is 5.38 Å². The van der Waals surface area contributed by atoms with E-state index in [4.69, 9.17) is 43.1 Å². The number of nitrogens with two attached hydrogens (primary N) is 1. The highest BCUT2D eigenvalue weighted by molar-refractivity contribution is 7.09. The molecule has 2 aromatic rings. The Bertz CT molecular complexity index is 1150. The molecule has 3 rings (SSSR count). The Morgan fingerprint density at radius 1 is 1.23 bits per heavy atom. The summed E-state index contributed by atoms with van der Waals surface area (Å²) in [7, 11) is 1.28. The fraction of sp³-hybridized carbons (Fsp3) is 0.417. The molecule has 0 amide bonds. The first-order chi connectivity index (χ1) is 16.8. The molecule has 2 unspecified atom stereocenters. The third-order valence-electron chi connectivity index (χ3n) is 5.45. The highest BCUT2D eigenvalue weighted by Crippen LogP contribution is 2.44. The van der Waals surface area contributed by atoms with E-state index in [1.54, 1.807) is 32.0 Å². The summed E-state index contributed by atoms with van der Waals surface area (Å²) in [5, 5.41) is 3.26. The van der Waals surface area contributed by atoms with Crippen molar-refractivity contribution in [2.75, 3.05) is 26.9 Å². The number of benzene rings is 1. The molecule has 0 radical (unpaired) electrons. The summed E-state index contributed by atoms with van der Waals surface area (Å²) >= 11 is 14.3. The van der Waals surface area contributed by atoms with Crippen LogP contribution in [0.1, 0.15) is 36.0 Å². The number of ether oxygens (including phenoxy) is 3. The molecule has 2 heterocycles. The molecule has 0 spiro atoms. The van der Waals surface area contributed by atoms with E-state index in [9.17, 15) is 9.59 Å². The smallest absolute Gasteiger partial charge is 0.336 e. The number of methoxy groups -OCH3 is 1. The number of esters is 2. The van der Waals surface area contributed by atoms with Crippen LogP contribution in [0.3, 0.4) is 0 Å². The Labute approximate surface area is 218 Å². The minimum absolute atomic E-state index is 0.000132. The van der Waals surface area contributed by atoms with Gasteiger partial charge in [0.1, 0.15) is 10.9 Å². The van der Waals surface area contributed by atoms with Crippen LogP contribution in [-0.2, 0) is 36.8 Å². The maximum Gasteiger partial charge on any atom is 0.336 e. The molecule has 0 aliphatic carbocycles. The predicted molar refractivity (Wildman–Crippen MR) is 136 cm³/mol. The third kappa shape index (κ3) is 6.29.